The maximum atomic E-state index is 5.17. The molecule has 56 valence electrons. The molecule has 0 unspecified atom stereocenters. The van der Waals surface area contributed by atoms with Gasteiger partial charge < -0.3 is 5.43 Å². The summed E-state index contributed by atoms with van der Waals surface area (Å²) in [5.74, 6) is 5.93. The Labute approximate surface area is 59.2 Å². The molecule has 10 heavy (non-hydrogen) atoms. The van der Waals surface area contributed by atoms with Crippen LogP contribution in [0.4, 0.5) is 5.82 Å². The highest BCUT2D eigenvalue weighted by atomic mass is 15.5. The van der Waals surface area contributed by atoms with Crippen LogP contribution < -0.4 is 11.3 Å². The predicted molar refractivity (Wildman–Crippen MR) is 38.1 cm³/mol. The monoisotopic (exact) mass is 141 g/mol. The van der Waals surface area contributed by atoms with Crippen LogP contribution in [0.25, 0.3) is 0 Å². The van der Waals surface area contributed by atoms with Gasteiger partial charge in [-0.3, -0.25) is 0 Å². The Morgan fingerprint density at radius 2 is 2.60 bits per heavy atom. The van der Waals surface area contributed by atoms with Crippen molar-refractivity contribution in [3.05, 3.63) is 6.20 Å². The lowest BCUT2D eigenvalue weighted by Gasteiger charge is -2.00. The van der Waals surface area contributed by atoms with Gasteiger partial charge in [-0.05, 0) is 6.42 Å². The fourth-order valence-electron chi connectivity index (χ4n) is 0.746. The zero-order chi connectivity index (χ0) is 7.40. The van der Waals surface area contributed by atoms with E-state index in [0.29, 0.717) is 0 Å². The third kappa shape index (κ3) is 1.24. The van der Waals surface area contributed by atoms with Crippen LogP contribution in [0.5, 0.6) is 0 Å². The number of hydrogen-bond acceptors (Lipinski definition) is 4. The second-order valence-electron chi connectivity index (χ2n) is 1.99. The molecule has 0 bridgehead atoms. The predicted octanol–water partition coefficient (Wildman–Crippen LogP) is -0.0263. The second-order valence-corrected chi connectivity index (χ2v) is 1.99. The van der Waals surface area contributed by atoms with Crippen LogP contribution in [-0.2, 0) is 6.54 Å². The quantitative estimate of drug-likeness (QED) is 0.458. The molecule has 0 saturated carbocycles. The van der Waals surface area contributed by atoms with Crippen LogP contribution in [0.1, 0.15) is 13.3 Å². The molecule has 1 rings (SSSR count). The van der Waals surface area contributed by atoms with Crippen molar-refractivity contribution in [2.45, 2.75) is 19.9 Å². The van der Waals surface area contributed by atoms with Gasteiger partial charge in [-0.15, -0.1) is 5.10 Å². The Morgan fingerprint density at radius 1 is 1.80 bits per heavy atom. The van der Waals surface area contributed by atoms with Crippen molar-refractivity contribution in [1.29, 1.82) is 0 Å². The number of nitrogens with two attached hydrogens (primary N) is 1. The fourth-order valence-corrected chi connectivity index (χ4v) is 0.746. The van der Waals surface area contributed by atoms with Crippen molar-refractivity contribution in [1.82, 2.24) is 15.0 Å². The Bertz CT molecular complexity index is 194. The molecule has 0 atom stereocenters. The molecule has 0 aliphatic rings. The number of anilines is 1. The van der Waals surface area contributed by atoms with Crippen molar-refractivity contribution in [3.63, 3.8) is 0 Å². The topological polar surface area (TPSA) is 68.8 Å². The van der Waals surface area contributed by atoms with Crippen LogP contribution in [0.2, 0.25) is 0 Å². The van der Waals surface area contributed by atoms with Crippen molar-refractivity contribution in [2.75, 3.05) is 5.43 Å². The van der Waals surface area contributed by atoms with Gasteiger partial charge in [0.2, 0.25) is 0 Å². The van der Waals surface area contributed by atoms with Crippen molar-refractivity contribution >= 4 is 5.82 Å². The Hall–Kier alpha value is -1.10. The van der Waals surface area contributed by atoms with Crippen molar-refractivity contribution < 1.29 is 0 Å². The molecule has 0 spiro atoms. The minimum absolute atomic E-state index is 0.752. The van der Waals surface area contributed by atoms with E-state index in [9.17, 15) is 0 Å². The van der Waals surface area contributed by atoms with Crippen LogP contribution in [0.15, 0.2) is 6.20 Å². The summed E-state index contributed by atoms with van der Waals surface area (Å²) in [5, 5.41) is 7.48. The number of nitrogens with one attached hydrogen (secondary N) is 1. The minimum atomic E-state index is 0.752. The highest BCUT2D eigenvalue weighted by molar-refractivity contribution is 5.28. The zero-order valence-corrected chi connectivity index (χ0v) is 5.91. The smallest absolute Gasteiger partial charge is 0.158 e. The van der Waals surface area contributed by atoms with Crippen molar-refractivity contribution in [2.24, 2.45) is 5.84 Å². The minimum Gasteiger partial charge on any atom is -0.307 e. The first-order valence-corrected chi connectivity index (χ1v) is 3.23. The number of hydrogen-bond donors (Lipinski definition) is 2. The molecule has 0 amide bonds. The highest BCUT2D eigenvalue weighted by Gasteiger charge is 1.97. The lowest BCUT2D eigenvalue weighted by atomic mass is 10.5. The Kier molecular flexibility index (Phi) is 2.22. The van der Waals surface area contributed by atoms with Gasteiger partial charge in [0, 0.05) is 6.54 Å². The zero-order valence-electron chi connectivity index (χ0n) is 5.91. The molecule has 3 N–H and O–H groups in total. The van der Waals surface area contributed by atoms with Gasteiger partial charge in [0.05, 0.1) is 6.20 Å². The van der Waals surface area contributed by atoms with E-state index in [2.05, 4.69) is 22.7 Å². The van der Waals surface area contributed by atoms with E-state index in [1.165, 1.54) is 0 Å². The molecule has 0 fully saturated rings. The van der Waals surface area contributed by atoms with Gasteiger partial charge in [0.15, 0.2) is 5.82 Å². The Balaban J connectivity index is 2.70. The van der Waals surface area contributed by atoms with E-state index >= 15 is 0 Å². The third-order valence-corrected chi connectivity index (χ3v) is 1.20. The first kappa shape index (κ1) is 7.01. The molecule has 0 aliphatic carbocycles. The first-order chi connectivity index (χ1) is 4.88. The molecule has 1 heterocycles. The largest absolute Gasteiger partial charge is 0.307 e. The standard InChI is InChI=1S/C5H11N5/c1-2-3-10-5(8-6)4-7-9-10/h4,8H,2-3,6H2,1H3. The lowest BCUT2D eigenvalue weighted by Crippen LogP contribution is -2.12. The summed E-state index contributed by atoms with van der Waals surface area (Å²) >= 11 is 0. The molecule has 1 aromatic heterocycles. The van der Waals surface area contributed by atoms with E-state index in [-0.39, 0.29) is 0 Å². The van der Waals surface area contributed by atoms with E-state index in [1.54, 1.807) is 10.9 Å². The van der Waals surface area contributed by atoms with Crippen molar-refractivity contribution in [3.8, 4) is 0 Å². The van der Waals surface area contributed by atoms with E-state index < -0.39 is 0 Å². The summed E-state index contributed by atoms with van der Waals surface area (Å²) < 4.78 is 1.72. The van der Waals surface area contributed by atoms with Gasteiger partial charge in [-0.25, -0.2) is 10.5 Å². The van der Waals surface area contributed by atoms with E-state index in [4.69, 9.17) is 5.84 Å². The number of nitrogen functional groups attached to an aromatic ring is 1. The van der Waals surface area contributed by atoms with Gasteiger partial charge in [-0.2, -0.15) is 0 Å². The summed E-state index contributed by atoms with van der Waals surface area (Å²) in [6.45, 7) is 2.92. The van der Waals surface area contributed by atoms with Crippen LogP contribution in [-0.4, -0.2) is 15.0 Å². The van der Waals surface area contributed by atoms with Gasteiger partial charge >= 0.3 is 0 Å². The average Bonchev–Trinajstić information content (AvgIpc) is 2.36. The molecule has 1 aromatic rings. The van der Waals surface area contributed by atoms with Crippen LogP contribution >= 0.6 is 0 Å². The SMILES string of the molecule is CCCn1nncc1NN. The molecule has 5 heteroatoms. The van der Waals surface area contributed by atoms with Crippen LogP contribution in [0.3, 0.4) is 0 Å². The molecule has 0 saturated heterocycles. The Morgan fingerprint density at radius 3 is 3.20 bits per heavy atom. The molecule has 0 aromatic carbocycles. The lowest BCUT2D eigenvalue weighted by molar-refractivity contribution is 0.583. The average molecular weight is 141 g/mol. The second kappa shape index (κ2) is 3.17. The van der Waals surface area contributed by atoms with Gasteiger partial charge in [-0.1, -0.05) is 12.1 Å². The fraction of sp³-hybridized carbons (Fsp3) is 0.600. The molecular formula is C5H11N5. The number of hydrazine groups is 1. The summed E-state index contributed by atoms with van der Waals surface area (Å²) in [5.41, 5.74) is 2.50. The van der Waals surface area contributed by atoms with Crippen LogP contribution in [0, 0.1) is 0 Å². The van der Waals surface area contributed by atoms with Gasteiger partial charge in [0.1, 0.15) is 0 Å². The van der Waals surface area contributed by atoms with E-state index in [0.717, 1.165) is 18.8 Å². The normalized spacial score (nSPS) is 9.80. The molecule has 5 nitrogen and oxygen atoms in total. The summed E-state index contributed by atoms with van der Waals surface area (Å²) in [6, 6.07) is 0. The maximum absolute atomic E-state index is 5.17. The number of nitrogens with zero attached hydrogens (tertiary/aromatic N) is 3. The first-order valence-electron chi connectivity index (χ1n) is 3.23. The molecule has 0 aliphatic heterocycles. The summed E-state index contributed by atoms with van der Waals surface area (Å²) in [7, 11) is 0. The third-order valence-electron chi connectivity index (χ3n) is 1.20. The summed E-state index contributed by atoms with van der Waals surface area (Å²) in [6.07, 6.45) is 2.62. The highest BCUT2D eigenvalue weighted by Crippen LogP contribution is 2.00. The number of rotatable bonds is 3. The van der Waals surface area contributed by atoms with Gasteiger partial charge in [0.25, 0.3) is 0 Å². The number of aromatic nitrogens is 3. The molecular weight excluding hydrogens is 130 g/mol. The maximum Gasteiger partial charge on any atom is 0.158 e. The van der Waals surface area contributed by atoms with E-state index in [1.807, 2.05) is 0 Å². The molecule has 0 radical (unpaired) electrons. The number of aryl methyl sites for hydroxylation is 1. The summed E-state index contributed by atoms with van der Waals surface area (Å²) in [4.78, 5) is 0.